The van der Waals surface area contributed by atoms with Gasteiger partial charge in [-0.25, -0.2) is 0 Å². The lowest BCUT2D eigenvalue weighted by Gasteiger charge is -2.04. The number of esters is 2. The summed E-state index contributed by atoms with van der Waals surface area (Å²) >= 11 is 0. The van der Waals surface area contributed by atoms with Crippen molar-refractivity contribution in [2.75, 3.05) is 6.79 Å². The maximum Gasteiger partial charge on any atom is 0.309 e. The van der Waals surface area contributed by atoms with Crippen LogP contribution in [0.5, 0.6) is 0 Å². The standard InChI is InChI=1S/C9H12O8/c10-6(11)1-3-8(14)16-5-17-9(15)4-2-7(12)13/h1-5H2,(H,10,11)(H,12,13). The quantitative estimate of drug-likeness (QED) is 0.445. The summed E-state index contributed by atoms with van der Waals surface area (Å²) in [6, 6.07) is 0. The maximum atomic E-state index is 10.8. The van der Waals surface area contributed by atoms with Gasteiger partial charge in [0.1, 0.15) is 0 Å². The first-order chi connectivity index (χ1) is 7.91. The van der Waals surface area contributed by atoms with Crippen LogP contribution in [0.1, 0.15) is 25.7 Å². The number of carboxylic acids is 2. The second-order valence-corrected chi connectivity index (χ2v) is 2.94. The molecule has 0 heterocycles. The van der Waals surface area contributed by atoms with Crippen LogP contribution in [0, 0.1) is 0 Å². The third-order valence-electron chi connectivity index (χ3n) is 1.53. The van der Waals surface area contributed by atoms with Gasteiger partial charge in [-0.3, -0.25) is 19.2 Å². The van der Waals surface area contributed by atoms with Gasteiger partial charge < -0.3 is 19.7 Å². The molecule has 0 amide bonds. The molecule has 17 heavy (non-hydrogen) atoms. The van der Waals surface area contributed by atoms with Crippen LogP contribution in [0.25, 0.3) is 0 Å². The van der Waals surface area contributed by atoms with Gasteiger partial charge in [-0.05, 0) is 0 Å². The molecule has 8 nitrogen and oxygen atoms in total. The summed E-state index contributed by atoms with van der Waals surface area (Å²) in [5, 5.41) is 16.5. The first-order valence-electron chi connectivity index (χ1n) is 4.66. The number of ether oxygens (including phenoxy) is 2. The fraction of sp³-hybridized carbons (Fsp3) is 0.556. The van der Waals surface area contributed by atoms with Gasteiger partial charge in [0, 0.05) is 0 Å². The highest BCUT2D eigenvalue weighted by Crippen LogP contribution is 1.96. The molecule has 8 heteroatoms. The van der Waals surface area contributed by atoms with Crippen molar-refractivity contribution in [3.8, 4) is 0 Å². The fourth-order valence-corrected chi connectivity index (χ4v) is 0.723. The van der Waals surface area contributed by atoms with E-state index < -0.39 is 30.7 Å². The number of hydrogen-bond acceptors (Lipinski definition) is 6. The topological polar surface area (TPSA) is 127 Å². The molecule has 96 valence electrons. The Morgan fingerprint density at radius 1 is 0.706 bits per heavy atom. The van der Waals surface area contributed by atoms with E-state index in [4.69, 9.17) is 10.2 Å². The monoisotopic (exact) mass is 248 g/mol. The highest BCUT2D eigenvalue weighted by molar-refractivity contribution is 5.77. The highest BCUT2D eigenvalue weighted by Gasteiger charge is 2.09. The van der Waals surface area contributed by atoms with Crippen LogP contribution in [0.2, 0.25) is 0 Å². The van der Waals surface area contributed by atoms with E-state index in [1.165, 1.54) is 0 Å². The summed E-state index contributed by atoms with van der Waals surface area (Å²) in [5.74, 6) is -3.89. The fourth-order valence-electron chi connectivity index (χ4n) is 0.723. The number of carbonyl (C=O) groups excluding carboxylic acids is 2. The number of rotatable bonds is 8. The Hall–Kier alpha value is -2.12. The number of aliphatic carboxylic acids is 2. The van der Waals surface area contributed by atoms with Crippen molar-refractivity contribution in [3.05, 3.63) is 0 Å². The second kappa shape index (κ2) is 8.08. The first kappa shape index (κ1) is 14.9. The SMILES string of the molecule is O=C(O)CCC(=O)OCOC(=O)CCC(=O)O. The third-order valence-corrected chi connectivity index (χ3v) is 1.53. The smallest absolute Gasteiger partial charge is 0.309 e. The van der Waals surface area contributed by atoms with Crippen LogP contribution < -0.4 is 0 Å². The zero-order chi connectivity index (χ0) is 13.3. The first-order valence-corrected chi connectivity index (χ1v) is 4.66. The second-order valence-electron chi connectivity index (χ2n) is 2.94. The van der Waals surface area contributed by atoms with E-state index in [1.807, 2.05) is 0 Å². The zero-order valence-corrected chi connectivity index (χ0v) is 8.88. The van der Waals surface area contributed by atoms with E-state index in [9.17, 15) is 19.2 Å². The molecule has 0 saturated heterocycles. The van der Waals surface area contributed by atoms with Crippen molar-refractivity contribution < 1.29 is 38.9 Å². The van der Waals surface area contributed by atoms with E-state index in [0.717, 1.165) is 0 Å². The molecule has 0 aliphatic heterocycles. The summed E-state index contributed by atoms with van der Waals surface area (Å²) in [4.78, 5) is 41.8. The molecule has 0 rings (SSSR count). The summed E-state index contributed by atoms with van der Waals surface area (Å²) in [7, 11) is 0. The van der Waals surface area contributed by atoms with Crippen molar-refractivity contribution in [1.29, 1.82) is 0 Å². The molecule has 0 saturated carbocycles. The molecule has 0 spiro atoms. The predicted molar refractivity (Wildman–Crippen MR) is 50.8 cm³/mol. The predicted octanol–water partition coefficient (Wildman–Crippen LogP) is -0.240. The Labute approximate surface area is 96.1 Å². The largest absolute Gasteiger partial charge is 0.481 e. The molecule has 0 aromatic heterocycles. The van der Waals surface area contributed by atoms with Crippen molar-refractivity contribution >= 4 is 23.9 Å². The van der Waals surface area contributed by atoms with Gasteiger partial charge in [0.05, 0.1) is 25.7 Å². The summed E-state index contributed by atoms with van der Waals surface area (Å²) < 4.78 is 8.75. The number of carboxylic acid groups (broad SMARTS) is 2. The van der Waals surface area contributed by atoms with Gasteiger partial charge in [0.25, 0.3) is 0 Å². The normalized spacial score (nSPS) is 9.41. The Morgan fingerprint density at radius 2 is 1.06 bits per heavy atom. The van der Waals surface area contributed by atoms with Crippen LogP contribution in [0.3, 0.4) is 0 Å². The third kappa shape index (κ3) is 10.2. The summed E-state index contributed by atoms with van der Waals surface area (Å²) in [5.41, 5.74) is 0. The van der Waals surface area contributed by atoms with Crippen LogP contribution in [-0.2, 0) is 28.7 Å². The Morgan fingerprint density at radius 3 is 1.35 bits per heavy atom. The van der Waals surface area contributed by atoms with Gasteiger partial charge in [0.2, 0.25) is 6.79 Å². The Bertz CT molecular complexity index is 278. The molecule has 0 unspecified atom stereocenters. The minimum absolute atomic E-state index is 0.317. The molecule has 0 aromatic carbocycles. The molecular formula is C9H12O8. The van der Waals surface area contributed by atoms with Crippen molar-refractivity contribution in [1.82, 2.24) is 0 Å². The van der Waals surface area contributed by atoms with Crippen molar-refractivity contribution in [2.45, 2.75) is 25.7 Å². The van der Waals surface area contributed by atoms with Gasteiger partial charge in [-0.1, -0.05) is 0 Å². The summed E-state index contributed by atoms with van der Waals surface area (Å²) in [6.07, 6.45) is -1.37. The number of hydrogen-bond donors (Lipinski definition) is 2. The average Bonchev–Trinajstić information content (AvgIpc) is 2.23. The lowest BCUT2D eigenvalue weighted by molar-refractivity contribution is -0.169. The number of carbonyl (C=O) groups is 4. The average molecular weight is 248 g/mol. The molecule has 0 radical (unpaired) electrons. The van der Waals surface area contributed by atoms with Gasteiger partial charge in [0.15, 0.2) is 0 Å². The highest BCUT2D eigenvalue weighted by atomic mass is 16.7. The van der Waals surface area contributed by atoms with Crippen molar-refractivity contribution in [2.24, 2.45) is 0 Å². The minimum atomic E-state index is -1.14. The van der Waals surface area contributed by atoms with E-state index in [2.05, 4.69) is 9.47 Å². The zero-order valence-electron chi connectivity index (χ0n) is 8.88. The van der Waals surface area contributed by atoms with Gasteiger partial charge >= 0.3 is 23.9 Å². The lowest BCUT2D eigenvalue weighted by Crippen LogP contribution is -2.14. The molecular weight excluding hydrogens is 236 g/mol. The molecule has 0 bridgehead atoms. The van der Waals surface area contributed by atoms with E-state index in [0.29, 0.717) is 0 Å². The molecule has 0 aliphatic rings. The molecule has 0 aromatic rings. The van der Waals surface area contributed by atoms with Crippen LogP contribution >= 0.6 is 0 Å². The molecule has 0 atom stereocenters. The van der Waals surface area contributed by atoms with Crippen LogP contribution in [0.15, 0.2) is 0 Å². The molecule has 2 N–H and O–H groups in total. The lowest BCUT2D eigenvalue weighted by atomic mass is 10.3. The van der Waals surface area contributed by atoms with Crippen LogP contribution in [-0.4, -0.2) is 40.9 Å². The van der Waals surface area contributed by atoms with Crippen molar-refractivity contribution in [3.63, 3.8) is 0 Å². The Kier molecular flexibility index (Phi) is 7.07. The Balaban J connectivity index is 3.55. The van der Waals surface area contributed by atoms with E-state index >= 15 is 0 Å². The van der Waals surface area contributed by atoms with E-state index in [1.54, 1.807) is 0 Å². The van der Waals surface area contributed by atoms with Gasteiger partial charge in [-0.2, -0.15) is 0 Å². The van der Waals surface area contributed by atoms with Gasteiger partial charge in [-0.15, -0.1) is 0 Å². The minimum Gasteiger partial charge on any atom is -0.481 e. The van der Waals surface area contributed by atoms with Crippen LogP contribution in [0.4, 0.5) is 0 Å². The van der Waals surface area contributed by atoms with E-state index in [-0.39, 0.29) is 25.7 Å². The molecule has 0 aliphatic carbocycles. The molecule has 0 fully saturated rings. The summed E-state index contributed by atoms with van der Waals surface area (Å²) in [6.45, 7) is -0.642. The maximum absolute atomic E-state index is 10.8.